The van der Waals surface area contributed by atoms with Crippen LogP contribution in [0.1, 0.15) is 19.8 Å². The summed E-state index contributed by atoms with van der Waals surface area (Å²) in [5.74, 6) is 0.699. The number of likely N-dealkylation sites (tertiary alicyclic amines) is 1. The zero-order valence-corrected chi connectivity index (χ0v) is 9.91. The molecule has 1 fully saturated rings. The highest BCUT2D eigenvalue weighted by molar-refractivity contribution is 5.77. The number of hydrogen-bond donors (Lipinski definition) is 1. The van der Waals surface area contributed by atoms with Gasteiger partial charge in [0.15, 0.2) is 0 Å². The summed E-state index contributed by atoms with van der Waals surface area (Å²) in [7, 11) is 2.15. The van der Waals surface area contributed by atoms with Crippen LogP contribution in [0.5, 0.6) is 0 Å². The van der Waals surface area contributed by atoms with Gasteiger partial charge >= 0.3 is 0 Å². The minimum atomic E-state index is 0.0747. The maximum absolute atomic E-state index is 11.5. The highest BCUT2D eigenvalue weighted by atomic mass is 16.2. The van der Waals surface area contributed by atoms with Crippen molar-refractivity contribution in [1.82, 2.24) is 9.80 Å². The largest absolute Gasteiger partial charge is 0.342 e. The molecule has 0 aromatic rings. The lowest BCUT2D eigenvalue weighted by atomic mass is 9.98. The first-order valence-corrected chi connectivity index (χ1v) is 5.83. The topological polar surface area (TPSA) is 49.6 Å². The van der Waals surface area contributed by atoms with Gasteiger partial charge in [-0.2, -0.15) is 0 Å². The fraction of sp³-hybridized carbons (Fsp3) is 0.909. The van der Waals surface area contributed by atoms with Crippen molar-refractivity contribution in [3.05, 3.63) is 0 Å². The molecule has 1 atom stereocenters. The summed E-state index contributed by atoms with van der Waals surface area (Å²) >= 11 is 0. The van der Waals surface area contributed by atoms with E-state index in [1.54, 1.807) is 0 Å². The van der Waals surface area contributed by atoms with Crippen molar-refractivity contribution in [3.63, 3.8) is 0 Å². The molecule has 0 spiro atoms. The van der Waals surface area contributed by atoms with Crippen molar-refractivity contribution < 1.29 is 4.79 Å². The van der Waals surface area contributed by atoms with E-state index in [9.17, 15) is 4.79 Å². The normalized spacial score (nSPS) is 22.7. The first kappa shape index (κ1) is 12.5. The third-order valence-corrected chi connectivity index (χ3v) is 3.11. The molecular formula is C11H23N3O. The Morgan fingerprint density at radius 2 is 2.33 bits per heavy atom. The second kappa shape index (κ2) is 6.08. The smallest absolute Gasteiger partial charge is 0.236 e. The van der Waals surface area contributed by atoms with Crippen LogP contribution >= 0.6 is 0 Å². The summed E-state index contributed by atoms with van der Waals surface area (Å²) in [5, 5.41) is 0. The lowest BCUT2D eigenvalue weighted by Gasteiger charge is -2.33. The van der Waals surface area contributed by atoms with Gasteiger partial charge in [-0.3, -0.25) is 4.79 Å². The fourth-order valence-electron chi connectivity index (χ4n) is 2.27. The molecule has 4 nitrogen and oxygen atoms in total. The van der Waals surface area contributed by atoms with Gasteiger partial charge in [0.1, 0.15) is 0 Å². The van der Waals surface area contributed by atoms with Gasteiger partial charge in [-0.05, 0) is 39.3 Å². The highest BCUT2D eigenvalue weighted by Gasteiger charge is 2.21. The molecule has 0 radical (unpaired) electrons. The zero-order valence-electron chi connectivity index (χ0n) is 9.91. The molecule has 1 heterocycles. The van der Waals surface area contributed by atoms with Crippen molar-refractivity contribution >= 4 is 5.91 Å². The fourth-order valence-corrected chi connectivity index (χ4v) is 2.27. The first-order valence-electron chi connectivity index (χ1n) is 5.83. The van der Waals surface area contributed by atoms with Crippen molar-refractivity contribution in [2.24, 2.45) is 11.7 Å². The number of carbonyl (C=O) groups is 1. The van der Waals surface area contributed by atoms with Gasteiger partial charge < -0.3 is 15.5 Å². The SMILES string of the molecule is CCN(CC1CCCN(C)C1)C(=O)CN. The number of nitrogens with two attached hydrogens (primary N) is 1. The average molecular weight is 213 g/mol. The Labute approximate surface area is 92.4 Å². The second-order valence-electron chi connectivity index (χ2n) is 4.41. The number of piperidine rings is 1. The van der Waals surface area contributed by atoms with Crippen molar-refractivity contribution in [3.8, 4) is 0 Å². The van der Waals surface area contributed by atoms with Crippen molar-refractivity contribution in [1.29, 1.82) is 0 Å². The van der Waals surface area contributed by atoms with Gasteiger partial charge in [-0.25, -0.2) is 0 Å². The van der Waals surface area contributed by atoms with Gasteiger partial charge in [0.05, 0.1) is 6.54 Å². The molecule has 0 aromatic carbocycles. The molecule has 1 rings (SSSR count). The Balaban J connectivity index is 2.40. The van der Waals surface area contributed by atoms with E-state index in [2.05, 4.69) is 11.9 Å². The molecule has 0 aromatic heterocycles. The second-order valence-corrected chi connectivity index (χ2v) is 4.41. The highest BCUT2D eigenvalue weighted by Crippen LogP contribution is 2.16. The van der Waals surface area contributed by atoms with Gasteiger partial charge in [0.25, 0.3) is 0 Å². The van der Waals surface area contributed by atoms with Crippen molar-refractivity contribution in [2.75, 3.05) is 39.8 Å². The monoisotopic (exact) mass is 213 g/mol. The molecule has 4 heteroatoms. The Morgan fingerprint density at radius 3 is 2.87 bits per heavy atom. The Bertz CT molecular complexity index is 208. The third-order valence-electron chi connectivity index (χ3n) is 3.11. The molecule has 0 saturated carbocycles. The van der Waals surface area contributed by atoms with Crippen molar-refractivity contribution in [2.45, 2.75) is 19.8 Å². The van der Waals surface area contributed by atoms with Gasteiger partial charge in [0, 0.05) is 19.6 Å². The number of rotatable bonds is 4. The quantitative estimate of drug-likeness (QED) is 0.722. The van der Waals surface area contributed by atoms with E-state index < -0.39 is 0 Å². The van der Waals surface area contributed by atoms with Crippen LogP contribution in [0.4, 0.5) is 0 Å². The molecule has 1 unspecified atom stereocenters. The van der Waals surface area contributed by atoms with E-state index in [0.29, 0.717) is 5.92 Å². The Morgan fingerprint density at radius 1 is 1.60 bits per heavy atom. The molecule has 1 saturated heterocycles. The van der Waals surface area contributed by atoms with E-state index in [0.717, 1.165) is 19.6 Å². The van der Waals surface area contributed by atoms with E-state index in [4.69, 9.17) is 5.73 Å². The van der Waals surface area contributed by atoms with Crippen LogP contribution in [0.3, 0.4) is 0 Å². The van der Waals surface area contributed by atoms with Crippen LogP contribution in [0, 0.1) is 5.92 Å². The molecule has 1 aliphatic rings. The lowest BCUT2D eigenvalue weighted by Crippen LogP contribution is -2.43. The van der Waals surface area contributed by atoms with Gasteiger partial charge in [0.2, 0.25) is 5.91 Å². The van der Waals surface area contributed by atoms with Gasteiger partial charge in [-0.1, -0.05) is 0 Å². The van der Waals surface area contributed by atoms with Crippen LogP contribution < -0.4 is 5.73 Å². The lowest BCUT2D eigenvalue weighted by molar-refractivity contribution is -0.130. The molecule has 0 bridgehead atoms. The molecular weight excluding hydrogens is 190 g/mol. The van der Waals surface area contributed by atoms with E-state index in [1.807, 2.05) is 11.8 Å². The molecule has 0 aliphatic carbocycles. The molecule has 88 valence electrons. The van der Waals surface area contributed by atoms with E-state index in [-0.39, 0.29) is 12.5 Å². The summed E-state index contributed by atoms with van der Waals surface area (Å²) in [6.45, 7) is 6.09. The van der Waals surface area contributed by atoms with Gasteiger partial charge in [-0.15, -0.1) is 0 Å². The van der Waals surface area contributed by atoms with Crippen LogP contribution in [0.2, 0.25) is 0 Å². The van der Waals surface area contributed by atoms with Crippen LogP contribution in [-0.2, 0) is 4.79 Å². The summed E-state index contributed by atoms with van der Waals surface area (Å²) in [5.41, 5.74) is 5.38. The predicted octanol–water partition coefficient (Wildman–Crippen LogP) is 0.135. The number of nitrogens with zero attached hydrogens (tertiary/aromatic N) is 2. The Kier molecular flexibility index (Phi) is 5.05. The molecule has 15 heavy (non-hydrogen) atoms. The van der Waals surface area contributed by atoms with Crippen LogP contribution in [0.25, 0.3) is 0 Å². The van der Waals surface area contributed by atoms with E-state index in [1.165, 1.54) is 19.4 Å². The summed E-state index contributed by atoms with van der Waals surface area (Å²) in [6, 6.07) is 0. The van der Waals surface area contributed by atoms with Crippen LogP contribution in [-0.4, -0.2) is 55.5 Å². The zero-order chi connectivity index (χ0) is 11.3. The Hall–Kier alpha value is -0.610. The summed E-state index contributed by atoms with van der Waals surface area (Å²) in [4.78, 5) is 15.7. The minimum absolute atomic E-state index is 0.0747. The maximum Gasteiger partial charge on any atom is 0.236 e. The average Bonchev–Trinajstić information content (AvgIpc) is 2.25. The third kappa shape index (κ3) is 3.80. The number of carbonyl (C=O) groups excluding carboxylic acids is 1. The number of likely N-dealkylation sites (N-methyl/N-ethyl adjacent to an activating group) is 1. The maximum atomic E-state index is 11.5. The molecule has 1 amide bonds. The standard InChI is InChI=1S/C11H23N3O/c1-3-14(11(15)7-12)9-10-5-4-6-13(2)8-10/h10H,3-9,12H2,1-2H3. The molecule has 1 aliphatic heterocycles. The van der Waals surface area contributed by atoms with E-state index >= 15 is 0 Å². The summed E-state index contributed by atoms with van der Waals surface area (Å²) < 4.78 is 0. The van der Waals surface area contributed by atoms with Crippen LogP contribution in [0.15, 0.2) is 0 Å². The predicted molar refractivity (Wildman–Crippen MR) is 61.5 cm³/mol. The summed E-state index contributed by atoms with van der Waals surface area (Å²) in [6.07, 6.45) is 2.48. The first-order chi connectivity index (χ1) is 7.17. The number of hydrogen-bond acceptors (Lipinski definition) is 3. The number of amides is 1. The molecule has 2 N–H and O–H groups in total. The minimum Gasteiger partial charge on any atom is -0.342 e.